The van der Waals surface area contributed by atoms with Crippen molar-refractivity contribution < 1.29 is 59.7 Å². The predicted octanol–water partition coefficient (Wildman–Crippen LogP) is 3.63. The molecule has 0 aromatic heterocycles. The normalized spacial score (nSPS) is 13.9. The van der Waals surface area contributed by atoms with E-state index < -0.39 is 75.1 Å². The number of carboxylic acids is 4. The Balaban J connectivity index is 2.01. The summed E-state index contributed by atoms with van der Waals surface area (Å²) in [7, 11) is 0. The summed E-state index contributed by atoms with van der Waals surface area (Å²) in [6.45, 7) is 0. The van der Waals surface area contributed by atoms with Crippen molar-refractivity contribution in [1.82, 2.24) is 0 Å². The van der Waals surface area contributed by atoms with Gasteiger partial charge >= 0.3 is 23.9 Å². The fraction of sp³-hybridized carbons (Fsp3) is 0.0333. The van der Waals surface area contributed by atoms with E-state index in [1.807, 2.05) is 0 Å². The first kappa shape index (κ1) is 28.8. The van der Waals surface area contributed by atoms with Crippen LogP contribution in [0.3, 0.4) is 0 Å². The SMILES string of the molecule is O=C(O)C1=CC(C(c2ccc(O)c(C(=O)O)c2)c2ccc(O)c(C(=O)O)c2)=C/C(=C/c2ccc(O)c(C(=O)O)c2)C1=O. The van der Waals surface area contributed by atoms with E-state index >= 15 is 0 Å². The first-order valence-electron chi connectivity index (χ1n) is 11.9. The first-order valence-corrected chi connectivity index (χ1v) is 11.9. The van der Waals surface area contributed by atoms with E-state index in [1.165, 1.54) is 30.4 Å². The van der Waals surface area contributed by atoms with Crippen molar-refractivity contribution in [2.45, 2.75) is 5.92 Å². The minimum Gasteiger partial charge on any atom is -0.507 e. The Kier molecular flexibility index (Phi) is 7.64. The molecule has 0 aliphatic heterocycles. The number of carbonyl (C=O) groups is 5. The van der Waals surface area contributed by atoms with Gasteiger partial charge in [-0.3, -0.25) is 4.79 Å². The highest BCUT2D eigenvalue weighted by atomic mass is 16.4. The maximum atomic E-state index is 13.1. The Morgan fingerprint density at radius 2 is 1.05 bits per heavy atom. The minimum atomic E-state index is -1.61. The summed E-state index contributed by atoms with van der Waals surface area (Å²) in [4.78, 5) is 60.2. The Morgan fingerprint density at radius 1 is 0.595 bits per heavy atom. The maximum Gasteiger partial charge on any atom is 0.339 e. The van der Waals surface area contributed by atoms with Crippen molar-refractivity contribution in [1.29, 1.82) is 0 Å². The molecule has 0 bridgehead atoms. The summed E-state index contributed by atoms with van der Waals surface area (Å²) in [6.07, 6.45) is 3.50. The Bertz CT molecular complexity index is 1730. The largest absolute Gasteiger partial charge is 0.507 e. The van der Waals surface area contributed by atoms with Gasteiger partial charge in [-0.25, -0.2) is 19.2 Å². The second-order valence-corrected chi connectivity index (χ2v) is 9.11. The third-order valence-electron chi connectivity index (χ3n) is 6.45. The zero-order valence-corrected chi connectivity index (χ0v) is 21.2. The van der Waals surface area contributed by atoms with Crippen LogP contribution in [-0.2, 0) is 9.59 Å². The molecule has 0 saturated heterocycles. The number of hydrogen-bond donors (Lipinski definition) is 7. The van der Waals surface area contributed by atoms with Crippen LogP contribution in [0.2, 0.25) is 0 Å². The number of allylic oxidation sites excluding steroid dienone is 4. The molecule has 0 unspecified atom stereocenters. The molecule has 3 aromatic rings. The topological polar surface area (TPSA) is 227 Å². The lowest BCUT2D eigenvalue weighted by Gasteiger charge is -2.24. The summed E-state index contributed by atoms with van der Waals surface area (Å²) in [5.41, 5.74) is -1.88. The molecule has 7 N–H and O–H groups in total. The van der Waals surface area contributed by atoms with E-state index in [4.69, 9.17) is 0 Å². The van der Waals surface area contributed by atoms with Gasteiger partial charge in [0.2, 0.25) is 0 Å². The zero-order valence-electron chi connectivity index (χ0n) is 21.2. The summed E-state index contributed by atoms with van der Waals surface area (Å²) in [5, 5.41) is 68.2. The van der Waals surface area contributed by atoms with Gasteiger partial charge in [0.1, 0.15) is 39.5 Å². The molecule has 0 fully saturated rings. The lowest BCUT2D eigenvalue weighted by molar-refractivity contribution is -0.134. The maximum absolute atomic E-state index is 13.1. The van der Waals surface area contributed by atoms with Crippen molar-refractivity contribution in [3.63, 3.8) is 0 Å². The highest BCUT2D eigenvalue weighted by Crippen LogP contribution is 2.39. The third-order valence-corrected chi connectivity index (χ3v) is 6.45. The standard InChI is InChI=1S/C30H20O12/c31-22-4-1-13(8-18(22)27(35)36)7-17-9-16(12-21(26(17)34)30(41)42)25(14-2-5-23(32)19(10-14)28(37)38)15-3-6-24(33)20(11-15)29(39)40/h1-12,25,31-33H,(H,35,36)(H,37,38)(H,39,40)(H,41,42)/b17-7-. The smallest absolute Gasteiger partial charge is 0.339 e. The average molecular weight is 572 g/mol. The van der Waals surface area contributed by atoms with E-state index in [-0.39, 0.29) is 27.8 Å². The minimum absolute atomic E-state index is 0.0829. The van der Waals surface area contributed by atoms with E-state index in [0.717, 1.165) is 42.5 Å². The second-order valence-electron chi connectivity index (χ2n) is 9.11. The third kappa shape index (κ3) is 5.58. The number of aliphatic carboxylic acids is 1. The van der Waals surface area contributed by atoms with Crippen LogP contribution in [0.15, 0.2) is 83.5 Å². The van der Waals surface area contributed by atoms with Crippen LogP contribution in [-0.4, -0.2) is 65.4 Å². The lowest BCUT2D eigenvalue weighted by Crippen LogP contribution is -2.19. The van der Waals surface area contributed by atoms with Gasteiger partial charge < -0.3 is 35.7 Å². The molecular weight excluding hydrogens is 552 g/mol. The van der Waals surface area contributed by atoms with E-state index in [2.05, 4.69) is 0 Å². The number of phenols is 3. The number of hydrogen-bond acceptors (Lipinski definition) is 8. The predicted molar refractivity (Wildman–Crippen MR) is 144 cm³/mol. The number of carbonyl (C=O) groups excluding carboxylic acids is 1. The second kappa shape index (κ2) is 11.1. The molecule has 212 valence electrons. The summed E-state index contributed by atoms with van der Waals surface area (Å²) < 4.78 is 0. The molecule has 0 spiro atoms. The average Bonchev–Trinajstić information content (AvgIpc) is 2.92. The molecule has 0 heterocycles. The van der Waals surface area contributed by atoms with Crippen LogP contribution in [0.4, 0.5) is 0 Å². The Hall–Kier alpha value is -6.17. The molecular formula is C30H20O12. The van der Waals surface area contributed by atoms with Crippen molar-refractivity contribution in [3.05, 3.63) is 117 Å². The highest BCUT2D eigenvalue weighted by Gasteiger charge is 2.30. The van der Waals surface area contributed by atoms with Gasteiger partial charge in [-0.2, -0.15) is 0 Å². The van der Waals surface area contributed by atoms with E-state index in [0.29, 0.717) is 0 Å². The van der Waals surface area contributed by atoms with Gasteiger partial charge in [0.25, 0.3) is 0 Å². The van der Waals surface area contributed by atoms with Gasteiger partial charge in [-0.1, -0.05) is 18.2 Å². The van der Waals surface area contributed by atoms with E-state index in [1.54, 1.807) is 0 Å². The molecule has 12 heteroatoms. The van der Waals surface area contributed by atoms with E-state index in [9.17, 15) is 59.7 Å². The van der Waals surface area contributed by atoms with Crippen LogP contribution in [0.1, 0.15) is 53.7 Å². The van der Waals surface area contributed by atoms with Crippen LogP contribution in [0.25, 0.3) is 6.08 Å². The number of ketones is 1. The van der Waals surface area contributed by atoms with Crippen molar-refractivity contribution in [3.8, 4) is 17.2 Å². The number of Topliss-reactive ketones (excluding diaryl/α,β-unsaturated/α-hetero) is 1. The molecule has 4 rings (SSSR count). The summed E-state index contributed by atoms with van der Waals surface area (Å²) >= 11 is 0. The fourth-order valence-corrected chi connectivity index (χ4v) is 4.49. The quantitative estimate of drug-likeness (QED) is 0.152. The van der Waals surface area contributed by atoms with Crippen molar-refractivity contribution in [2.75, 3.05) is 0 Å². The molecule has 42 heavy (non-hydrogen) atoms. The van der Waals surface area contributed by atoms with Crippen molar-refractivity contribution in [2.24, 2.45) is 0 Å². The molecule has 1 aliphatic rings. The zero-order chi connectivity index (χ0) is 30.9. The van der Waals surface area contributed by atoms with Gasteiger partial charge in [0.05, 0.1) is 0 Å². The van der Waals surface area contributed by atoms with Gasteiger partial charge in [0, 0.05) is 11.5 Å². The van der Waals surface area contributed by atoms with Gasteiger partial charge in [-0.15, -0.1) is 0 Å². The van der Waals surface area contributed by atoms with Gasteiger partial charge in [0.15, 0.2) is 5.78 Å². The molecule has 3 aromatic carbocycles. The number of rotatable bonds is 8. The Labute approximate surface area is 235 Å². The van der Waals surface area contributed by atoms with Crippen molar-refractivity contribution >= 4 is 35.7 Å². The highest BCUT2D eigenvalue weighted by molar-refractivity contribution is 6.27. The number of benzene rings is 3. The first-order chi connectivity index (χ1) is 19.8. The van der Waals surface area contributed by atoms with Gasteiger partial charge in [-0.05, 0) is 76.9 Å². The molecule has 12 nitrogen and oxygen atoms in total. The number of carboxylic acid groups (broad SMARTS) is 4. The monoisotopic (exact) mass is 572 g/mol. The molecule has 0 saturated carbocycles. The van der Waals surface area contributed by atoms with Crippen LogP contribution >= 0.6 is 0 Å². The summed E-state index contributed by atoms with van der Waals surface area (Å²) in [6, 6.07) is 10.5. The van der Waals surface area contributed by atoms with Crippen LogP contribution in [0.5, 0.6) is 17.2 Å². The van der Waals surface area contributed by atoms with Crippen LogP contribution < -0.4 is 0 Å². The molecule has 0 amide bonds. The molecule has 0 radical (unpaired) electrons. The summed E-state index contributed by atoms with van der Waals surface area (Å²) in [5.74, 6) is -9.77. The lowest BCUT2D eigenvalue weighted by atomic mass is 9.79. The number of aromatic carboxylic acids is 3. The van der Waals surface area contributed by atoms with Crippen LogP contribution in [0, 0.1) is 0 Å². The molecule has 0 atom stereocenters. The molecule has 1 aliphatic carbocycles. The fourth-order valence-electron chi connectivity index (χ4n) is 4.49. The number of aromatic hydroxyl groups is 3. The Morgan fingerprint density at radius 3 is 1.50 bits per heavy atom.